The van der Waals surface area contributed by atoms with Gasteiger partial charge in [-0.1, -0.05) is 18.2 Å². The molecule has 1 aromatic carbocycles. The quantitative estimate of drug-likeness (QED) is 0.744. The molecular weight excluding hydrogens is 254 g/mol. The lowest BCUT2D eigenvalue weighted by atomic mass is 10.2. The Labute approximate surface area is 118 Å². The summed E-state index contributed by atoms with van der Waals surface area (Å²) in [5, 5.41) is 4.07. The van der Waals surface area contributed by atoms with Crippen LogP contribution in [0.25, 0.3) is 10.9 Å². The summed E-state index contributed by atoms with van der Waals surface area (Å²) in [5.41, 5.74) is 6.66. The van der Waals surface area contributed by atoms with Gasteiger partial charge in [-0.15, -0.1) is 0 Å². The van der Waals surface area contributed by atoms with Crippen LogP contribution in [0.2, 0.25) is 0 Å². The molecule has 108 valence electrons. The number of hydrogen-bond acceptors (Lipinski definition) is 3. The van der Waals surface area contributed by atoms with Gasteiger partial charge in [-0.05, 0) is 23.9 Å². The van der Waals surface area contributed by atoms with Gasteiger partial charge in [0.1, 0.15) is 6.10 Å². The van der Waals surface area contributed by atoms with Gasteiger partial charge in [-0.3, -0.25) is 4.79 Å². The lowest BCUT2D eigenvalue weighted by Crippen LogP contribution is -2.41. The van der Waals surface area contributed by atoms with Crippen molar-refractivity contribution in [1.29, 1.82) is 0 Å². The summed E-state index contributed by atoms with van der Waals surface area (Å²) >= 11 is 0. The first-order valence-corrected chi connectivity index (χ1v) is 6.80. The second-order valence-corrected chi connectivity index (χ2v) is 4.67. The molecule has 0 aliphatic rings. The Kier molecular flexibility index (Phi) is 5.15. The number of nitrogens with two attached hydrogens (primary N) is 1. The van der Waals surface area contributed by atoms with Crippen LogP contribution in [-0.2, 0) is 16.1 Å². The van der Waals surface area contributed by atoms with Crippen molar-refractivity contribution >= 4 is 16.8 Å². The zero-order chi connectivity index (χ0) is 14.4. The van der Waals surface area contributed by atoms with E-state index in [-0.39, 0.29) is 12.5 Å². The van der Waals surface area contributed by atoms with Gasteiger partial charge in [0.2, 0.25) is 5.91 Å². The first-order chi connectivity index (χ1) is 9.76. The third-order valence-corrected chi connectivity index (χ3v) is 3.35. The van der Waals surface area contributed by atoms with Gasteiger partial charge in [0.05, 0.1) is 0 Å². The Hall–Kier alpha value is -1.85. The molecule has 0 aliphatic carbocycles. The van der Waals surface area contributed by atoms with Crippen molar-refractivity contribution in [2.75, 3.05) is 20.2 Å². The number of nitrogens with one attached hydrogen (secondary N) is 1. The van der Waals surface area contributed by atoms with Gasteiger partial charge >= 0.3 is 0 Å². The highest BCUT2D eigenvalue weighted by atomic mass is 16.5. The SMILES string of the molecule is COC(CN)C(=O)NCCCn1ccc2ccccc21. The van der Waals surface area contributed by atoms with Gasteiger partial charge in [-0.25, -0.2) is 0 Å². The molecule has 0 bridgehead atoms. The highest BCUT2D eigenvalue weighted by Gasteiger charge is 2.14. The Morgan fingerprint density at radius 3 is 2.95 bits per heavy atom. The number of fused-ring (bicyclic) bond motifs is 1. The Morgan fingerprint density at radius 2 is 2.20 bits per heavy atom. The molecule has 1 atom stereocenters. The summed E-state index contributed by atoms with van der Waals surface area (Å²) in [6, 6.07) is 10.4. The molecule has 0 spiro atoms. The number of methoxy groups -OCH3 is 1. The fourth-order valence-corrected chi connectivity index (χ4v) is 2.22. The van der Waals surface area contributed by atoms with E-state index in [2.05, 4.69) is 34.3 Å². The monoisotopic (exact) mass is 275 g/mol. The van der Waals surface area contributed by atoms with Crippen LogP contribution in [0.15, 0.2) is 36.5 Å². The zero-order valence-corrected chi connectivity index (χ0v) is 11.7. The number of benzene rings is 1. The third-order valence-electron chi connectivity index (χ3n) is 3.35. The summed E-state index contributed by atoms with van der Waals surface area (Å²) in [4.78, 5) is 11.7. The average molecular weight is 275 g/mol. The number of carbonyl (C=O) groups excluding carboxylic acids is 1. The largest absolute Gasteiger partial charge is 0.370 e. The van der Waals surface area contributed by atoms with E-state index in [0.29, 0.717) is 6.54 Å². The molecule has 2 rings (SSSR count). The van der Waals surface area contributed by atoms with Crippen LogP contribution in [0.3, 0.4) is 0 Å². The molecule has 3 N–H and O–H groups in total. The fraction of sp³-hybridized carbons (Fsp3) is 0.400. The molecule has 0 saturated carbocycles. The highest BCUT2D eigenvalue weighted by Crippen LogP contribution is 2.15. The maximum Gasteiger partial charge on any atom is 0.250 e. The maximum atomic E-state index is 11.7. The van der Waals surface area contributed by atoms with Crippen LogP contribution < -0.4 is 11.1 Å². The van der Waals surface area contributed by atoms with E-state index in [0.717, 1.165) is 13.0 Å². The minimum Gasteiger partial charge on any atom is -0.370 e. The van der Waals surface area contributed by atoms with E-state index in [9.17, 15) is 4.79 Å². The van der Waals surface area contributed by atoms with Gasteiger partial charge in [-0.2, -0.15) is 0 Å². The molecule has 0 aliphatic heterocycles. The number of rotatable bonds is 7. The summed E-state index contributed by atoms with van der Waals surface area (Å²) < 4.78 is 7.17. The summed E-state index contributed by atoms with van der Waals surface area (Å²) in [5.74, 6) is -0.146. The van der Waals surface area contributed by atoms with Crippen molar-refractivity contribution in [3.8, 4) is 0 Å². The molecule has 0 fully saturated rings. The van der Waals surface area contributed by atoms with Crippen molar-refractivity contribution in [1.82, 2.24) is 9.88 Å². The summed E-state index contributed by atoms with van der Waals surface area (Å²) in [6.07, 6.45) is 2.39. The standard InChI is InChI=1S/C15H21N3O2/c1-20-14(11-16)15(19)17-8-4-9-18-10-7-12-5-2-3-6-13(12)18/h2-3,5-7,10,14H,4,8-9,11,16H2,1H3,(H,17,19). The van der Waals surface area contributed by atoms with Crippen molar-refractivity contribution in [3.05, 3.63) is 36.5 Å². The van der Waals surface area contributed by atoms with Crippen LogP contribution in [0.4, 0.5) is 0 Å². The normalized spacial score (nSPS) is 12.5. The predicted molar refractivity (Wildman–Crippen MR) is 79.4 cm³/mol. The molecule has 1 heterocycles. The highest BCUT2D eigenvalue weighted by molar-refractivity contribution is 5.81. The molecule has 1 amide bonds. The number of aromatic nitrogens is 1. The number of aryl methyl sites for hydroxylation is 1. The minimum absolute atomic E-state index is 0.146. The number of hydrogen-bond donors (Lipinski definition) is 2. The molecule has 0 radical (unpaired) electrons. The fourth-order valence-electron chi connectivity index (χ4n) is 2.22. The lowest BCUT2D eigenvalue weighted by Gasteiger charge is -2.13. The van der Waals surface area contributed by atoms with Crippen molar-refractivity contribution in [3.63, 3.8) is 0 Å². The first kappa shape index (κ1) is 14.6. The number of para-hydroxylation sites is 1. The van der Waals surface area contributed by atoms with Gasteiger partial charge < -0.3 is 20.4 Å². The molecule has 0 saturated heterocycles. The lowest BCUT2D eigenvalue weighted by molar-refractivity contribution is -0.130. The smallest absolute Gasteiger partial charge is 0.250 e. The number of carbonyl (C=O) groups is 1. The van der Waals surface area contributed by atoms with Gasteiger partial charge in [0.25, 0.3) is 0 Å². The van der Waals surface area contributed by atoms with E-state index in [4.69, 9.17) is 10.5 Å². The third kappa shape index (κ3) is 3.37. The maximum absolute atomic E-state index is 11.7. The van der Waals surface area contributed by atoms with Crippen molar-refractivity contribution < 1.29 is 9.53 Å². The zero-order valence-electron chi connectivity index (χ0n) is 11.7. The topological polar surface area (TPSA) is 69.3 Å². The van der Waals surface area contributed by atoms with E-state index in [1.54, 1.807) is 0 Å². The molecule has 1 unspecified atom stereocenters. The molecule has 2 aromatic rings. The minimum atomic E-state index is -0.553. The summed E-state index contributed by atoms with van der Waals surface area (Å²) in [6.45, 7) is 1.68. The van der Waals surface area contributed by atoms with Crippen LogP contribution in [0, 0.1) is 0 Å². The second-order valence-electron chi connectivity index (χ2n) is 4.67. The van der Waals surface area contributed by atoms with Crippen LogP contribution in [-0.4, -0.2) is 36.8 Å². The molecule has 5 nitrogen and oxygen atoms in total. The van der Waals surface area contributed by atoms with E-state index in [1.807, 2.05) is 12.1 Å². The average Bonchev–Trinajstić information content (AvgIpc) is 2.88. The molecular formula is C15H21N3O2. The van der Waals surface area contributed by atoms with Crippen LogP contribution in [0.5, 0.6) is 0 Å². The van der Waals surface area contributed by atoms with E-state index < -0.39 is 6.10 Å². The van der Waals surface area contributed by atoms with Crippen LogP contribution in [0.1, 0.15) is 6.42 Å². The Balaban J connectivity index is 1.80. The van der Waals surface area contributed by atoms with Crippen molar-refractivity contribution in [2.45, 2.75) is 19.1 Å². The summed E-state index contributed by atoms with van der Waals surface area (Å²) in [7, 11) is 1.49. The van der Waals surface area contributed by atoms with Crippen LogP contribution >= 0.6 is 0 Å². The number of ether oxygens (including phenoxy) is 1. The Morgan fingerprint density at radius 1 is 1.40 bits per heavy atom. The Bertz CT molecular complexity index is 561. The van der Waals surface area contributed by atoms with Gasteiger partial charge in [0, 0.05) is 38.5 Å². The number of nitrogens with zero attached hydrogens (tertiary/aromatic N) is 1. The van der Waals surface area contributed by atoms with E-state index >= 15 is 0 Å². The van der Waals surface area contributed by atoms with E-state index in [1.165, 1.54) is 18.0 Å². The first-order valence-electron chi connectivity index (χ1n) is 6.80. The second kappa shape index (κ2) is 7.07. The van der Waals surface area contributed by atoms with Gasteiger partial charge in [0.15, 0.2) is 0 Å². The molecule has 5 heteroatoms. The number of amides is 1. The van der Waals surface area contributed by atoms with Crippen molar-refractivity contribution in [2.24, 2.45) is 5.73 Å². The molecule has 20 heavy (non-hydrogen) atoms. The predicted octanol–water partition coefficient (Wildman–Crippen LogP) is 1.12. The molecule has 1 aromatic heterocycles.